The molecule has 104 valence electrons. The van der Waals surface area contributed by atoms with Gasteiger partial charge in [0.25, 0.3) is 0 Å². The molecule has 1 atom stereocenters. The zero-order valence-corrected chi connectivity index (χ0v) is 10.6. The molecule has 1 aliphatic heterocycles. The van der Waals surface area contributed by atoms with Crippen LogP contribution < -0.4 is 5.32 Å². The summed E-state index contributed by atoms with van der Waals surface area (Å²) in [6.45, 7) is 1.04. The van der Waals surface area contributed by atoms with E-state index in [1.165, 1.54) is 4.90 Å². The number of ether oxygens (including phenoxy) is 1. The molecule has 0 bridgehead atoms. The summed E-state index contributed by atoms with van der Waals surface area (Å²) < 4.78 is 6.72. The predicted octanol–water partition coefficient (Wildman–Crippen LogP) is -0.585. The second kappa shape index (κ2) is 5.70. The van der Waals surface area contributed by atoms with Crippen molar-refractivity contribution >= 4 is 12.0 Å². The fourth-order valence-electron chi connectivity index (χ4n) is 1.84. The number of amides is 2. The van der Waals surface area contributed by atoms with Gasteiger partial charge in [-0.3, -0.25) is 4.68 Å². The van der Waals surface area contributed by atoms with E-state index >= 15 is 0 Å². The highest BCUT2D eigenvalue weighted by atomic mass is 16.5. The maximum Gasteiger partial charge on any atom is 0.334 e. The first-order valence-electron chi connectivity index (χ1n) is 5.92. The molecule has 1 unspecified atom stereocenters. The number of carboxylic acids is 1. The first kappa shape index (κ1) is 13.3. The number of aliphatic carboxylic acids is 1. The molecule has 2 rings (SSSR count). The minimum atomic E-state index is -1.05. The second-order valence-corrected chi connectivity index (χ2v) is 4.25. The summed E-state index contributed by atoms with van der Waals surface area (Å²) in [7, 11) is 1.79. The average molecular weight is 268 g/mol. The van der Waals surface area contributed by atoms with Crippen molar-refractivity contribution in [1.82, 2.24) is 20.0 Å². The summed E-state index contributed by atoms with van der Waals surface area (Å²) in [5.74, 6) is -1.05. The topological polar surface area (TPSA) is 96.7 Å². The molecule has 1 aliphatic rings. The van der Waals surface area contributed by atoms with E-state index in [4.69, 9.17) is 9.84 Å². The predicted molar refractivity (Wildman–Crippen MR) is 64.4 cm³/mol. The number of urea groups is 1. The number of aryl methyl sites for hydroxylation is 1. The van der Waals surface area contributed by atoms with E-state index in [-0.39, 0.29) is 19.2 Å². The van der Waals surface area contributed by atoms with Gasteiger partial charge in [0.05, 0.1) is 25.4 Å². The van der Waals surface area contributed by atoms with E-state index < -0.39 is 12.1 Å². The van der Waals surface area contributed by atoms with Crippen LogP contribution in [-0.4, -0.2) is 57.6 Å². The summed E-state index contributed by atoms with van der Waals surface area (Å²) in [4.78, 5) is 24.2. The van der Waals surface area contributed by atoms with Crippen molar-refractivity contribution in [2.75, 3.05) is 19.7 Å². The van der Waals surface area contributed by atoms with Crippen LogP contribution >= 0.6 is 0 Å². The van der Waals surface area contributed by atoms with Crippen molar-refractivity contribution in [3.8, 4) is 0 Å². The fourth-order valence-corrected chi connectivity index (χ4v) is 1.84. The molecule has 0 saturated carbocycles. The van der Waals surface area contributed by atoms with Gasteiger partial charge in [-0.05, 0) is 6.07 Å². The molecule has 8 nitrogen and oxygen atoms in total. The third kappa shape index (κ3) is 3.22. The molecular formula is C11H16N4O4. The smallest absolute Gasteiger partial charge is 0.334 e. The molecule has 2 N–H and O–H groups in total. The average Bonchev–Trinajstić information content (AvgIpc) is 2.81. The van der Waals surface area contributed by atoms with Crippen molar-refractivity contribution in [3.63, 3.8) is 0 Å². The largest absolute Gasteiger partial charge is 0.479 e. The van der Waals surface area contributed by atoms with E-state index in [0.29, 0.717) is 13.1 Å². The molecule has 0 spiro atoms. The van der Waals surface area contributed by atoms with Gasteiger partial charge in [-0.15, -0.1) is 0 Å². The highest BCUT2D eigenvalue weighted by Crippen LogP contribution is 2.06. The quantitative estimate of drug-likeness (QED) is 0.764. The van der Waals surface area contributed by atoms with Gasteiger partial charge in [-0.1, -0.05) is 0 Å². The molecule has 0 radical (unpaired) electrons. The Labute approximate surface area is 109 Å². The first-order chi connectivity index (χ1) is 9.08. The molecule has 0 aliphatic carbocycles. The lowest BCUT2D eigenvalue weighted by Gasteiger charge is -2.30. The summed E-state index contributed by atoms with van der Waals surface area (Å²) in [5.41, 5.74) is 0.872. The third-order valence-corrected chi connectivity index (χ3v) is 2.97. The lowest BCUT2D eigenvalue weighted by molar-refractivity contribution is -0.154. The fraction of sp³-hybridized carbons (Fsp3) is 0.545. The van der Waals surface area contributed by atoms with Gasteiger partial charge in [-0.2, -0.15) is 5.10 Å². The van der Waals surface area contributed by atoms with Crippen LogP contribution in [0.25, 0.3) is 0 Å². The zero-order valence-electron chi connectivity index (χ0n) is 10.6. The number of carboxylic acid groups (broad SMARTS) is 1. The molecule has 8 heteroatoms. The van der Waals surface area contributed by atoms with Crippen LogP contribution in [0.1, 0.15) is 5.69 Å². The van der Waals surface area contributed by atoms with Crippen LogP contribution in [0, 0.1) is 0 Å². The summed E-state index contributed by atoms with van der Waals surface area (Å²) in [6.07, 6.45) is 0.702. The molecular weight excluding hydrogens is 252 g/mol. The van der Waals surface area contributed by atoms with Crippen molar-refractivity contribution in [3.05, 3.63) is 18.0 Å². The second-order valence-electron chi connectivity index (χ2n) is 4.25. The number of hydrogen-bond acceptors (Lipinski definition) is 4. The number of nitrogens with one attached hydrogen (secondary N) is 1. The Balaban J connectivity index is 1.86. The van der Waals surface area contributed by atoms with Gasteiger partial charge in [-0.25, -0.2) is 9.59 Å². The van der Waals surface area contributed by atoms with E-state index in [1.54, 1.807) is 24.0 Å². The number of nitrogens with zero attached hydrogens (tertiary/aromatic N) is 3. The lowest BCUT2D eigenvalue weighted by Crippen LogP contribution is -2.51. The Morgan fingerprint density at radius 1 is 1.63 bits per heavy atom. The molecule has 1 aromatic rings. The Morgan fingerprint density at radius 3 is 3.05 bits per heavy atom. The Hall–Kier alpha value is -2.09. The van der Waals surface area contributed by atoms with E-state index in [1.807, 2.05) is 0 Å². The van der Waals surface area contributed by atoms with E-state index in [0.717, 1.165) is 5.69 Å². The van der Waals surface area contributed by atoms with Crippen LogP contribution in [0.5, 0.6) is 0 Å². The van der Waals surface area contributed by atoms with Gasteiger partial charge in [0, 0.05) is 19.8 Å². The highest BCUT2D eigenvalue weighted by Gasteiger charge is 2.28. The number of carbonyl (C=O) groups is 2. The maximum absolute atomic E-state index is 11.9. The van der Waals surface area contributed by atoms with Crippen LogP contribution in [0.15, 0.2) is 12.3 Å². The standard InChI is InChI=1S/C11H16N4O4/c1-14-8(2-3-13-14)6-12-11(18)15-4-5-19-9(7-15)10(16)17/h2-3,9H,4-7H2,1H3,(H,12,18)(H,16,17). The van der Waals surface area contributed by atoms with Crippen molar-refractivity contribution in [2.24, 2.45) is 7.05 Å². The van der Waals surface area contributed by atoms with Crippen LogP contribution in [-0.2, 0) is 23.1 Å². The van der Waals surface area contributed by atoms with Crippen LogP contribution in [0.3, 0.4) is 0 Å². The number of rotatable bonds is 3. The summed E-state index contributed by atoms with van der Waals surface area (Å²) in [6, 6.07) is 1.51. The van der Waals surface area contributed by atoms with Crippen LogP contribution in [0.4, 0.5) is 4.79 Å². The molecule has 0 aromatic carbocycles. The summed E-state index contributed by atoms with van der Waals surface area (Å²) >= 11 is 0. The maximum atomic E-state index is 11.9. The Morgan fingerprint density at radius 2 is 2.42 bits per heavy atom. The summed E-state index contributed by atoms with van der Waals surface area (Å²) in [5, 5.41) is 15.6. The number of morpholine rings is 1. The van der Waals surface area contributed by atoms with Gasteiger partial charge in [0.2, 0.25) is 0 Å². The van der Waals surface area contributed by atoms with Crippen molar-refractivity contribution in [1.29, 1.82) is 0 Å². The van der Waals surface area contributed by atoms with E-state index in [9.17, 15) is 9.59 Å². The van der Waals surface area contributed by atoms with E-state index in [2.05, 4.69) is 10.4 Å². The van der Waals surface area contributed by atoms with Gasteiger partial charge >= 0.3 is 12.0 Å². The minimum absolute atomic E-state index is 0.0621. The highest BCUT2D eigenvalue weighted by molar-refractivity contribution is 5.77. The van der Waals surface area contributed by atoms with Gasteiger partial charge < -0.3 is 20.1 Å². The molecule has 1 fully saturated rings. The molecule has 2 amide bonds. The SMILES string of the molecule is Cn1nccc1CNC(=O)N1CCOC(C(=O)O)C1. The number of hydrogen-bond donors (Lipinski definition) is 2. The molecule has 19 heavy (non-hydrogen) atoms. The van der Waals surface area contributed by atoms with Crippen LogP contribution in [0.2, 0.25) is 0 Å². The van der Waals surface area contributed by atoms with Gasteiger partial charge in [0.15, 0.2) is 6.10 Å². The first-order valence-corrected chi connectivity index (χ1v) is 5.92. The lowest BCUT2D eigenvalue weighted by atomic mass is 10.3. The van der Waals surface area contributed by atoms with Crippen molar-refractivity contribution in [2.45, 2.75) is 12.6 Å². The van der Waals surface area contributed by atoms with Gasteiger partial charge in [0.1, 0.15) is 0 Å². The monoisotopic (exact) mass is 268 g/mol. The number of carbonyl (C=O) groups excluding carboxylic acids is 1. The number of aromatic nitrogens is 2. The molecule has 2 heterocycles. The third-order valence-electron chi connectivity index (χ3n) is 2.97. The Bertz CT molecular complexity index is 473. The van der Waals surface area contributed by atoms with Crippen molar-refractivity contribution < 1.29 is 19.4 Å². The molecule has 1 saturated heterocycles. The Kier molecular flexibility index (Phi) is 4.00. The minimum Gasteiger partial charge on any atom is -0.479 e. The normalized spacial score (nSPS) is 19.2. The zero-order chi connectivity index (χ0) is 13.8. The molecule has 1 aromatic heterocycles.